The molecule has 0 bridgehead atoms. The maximum Gasteiger partial charge on any atom is 0.393 e. The molecule has 1 aromatic carbocycles. The normalized spacial score (nSPS) is 22.2. The van der Waals surface area contributed by atoms with Crippen LogP contribution >= 0.6 is 0 Å². The van der Waals surface area contributed by atoms with Crippen LogP contribution in [0.1, 0.15) is 36.4 Å². The quantitative estimate of drug-likeness (QED) is 0.919. The Morgan fingerprint density at radius 3 is 2.71 bits per heavy atom. The summed E-state index contributed by atoms with van der Waals surface area (Å²) < 4.78 is 38.3. The Kier molecular flexibility index (Phi) is 5.27. The van der Waals surface area contributed by atoms with Gasteiger partial charge < -0.3 is 10.6 Å². The number of hydrogen-bond donors (Lipinski definition) is 1. The van der Waals surface area contributed by atoms with Crippen molar-refractivity contribution in [3.05, 3.63) is 35.4 Å². The van der Waals surface area contributed by atoms with Gasteiger partial charge in [0.2, 0.25) is 0 Å². The Bertz CT molecular complexity index is 459. The van der Waals surface area contributed by atoms with Crippen molar-refractivity contribution in [1.82, 2.24) is 4.90 Å². The summed E-state index contributed by atoms with van der Waals surface area (Å²) in [5.41, 5.74) is 8.41. The van der Waals surface area contributed by atoms with Gasteiger partial charge in [0.05, 0.1) is 5.92 Å². The summed E-state index contributed by atoms with van der Waals surface area (Å²) in [4.78, 5) is 1.90. The van der Waals surface area contributed by atoms with Crippen molar-refractivity contribution in [3.8, 4) is 0 Å². The summed E-state index contributed by atoms with van der Waals surface area (Å²) in [6.45, 7) is 3.49. The van der Waals surface area contributed by atoms with Crippen LogP contribution in [0.2, 0.25) is 0 Å². The van der Waals surface area contributed by atoms with Gasteiger partial charge in [-0.3, -0.25) is 0 Å². The van der Waals surface area contributed by atoms with Gasteiger partial charge in [0.1, 0.15) is 0 Å². The standard InChI is InChI=1S/C16H23F3N2/c1-12-5-2-3-7-14(12)15(20)8-10-21-9-4-6-13(11-21)16(17,18)19/h2-3,5,7,13,15H,4,6,8-11,20H2,1H3. The first-order valence-corrected chi connectivity index (χ1v) is 7.48. The van der Waals surface area contributed by atoms with Gasteiger partial charge in [-0.1, -0.05) is 24.3 Å². The zero-order valence-electron chi connectivity index (χ0n) is 12.4. The molecule has 2 atom stereocenters. The molecule has 0 aliphatic carbocycles. The molecular formula is C16H23F3N2. The number of rotatable bonds is 4. The van der Waals surface area contributed by atoms with Gasteiger partial charge in [0.15, 0.2) is 0 Å². The molecule has 2 unspecified atom stereocenters. The van der Waals surface area contributed by atoms with Crippen LogP contribution in [0.5, 0.6) is 0 Å². The number of halogens is 3. The SMILES string of the molecule is Cc1ccccc1C(N)CCN1CCCC(C(F)(F)F)C1. The molecule has 21 heavy (non-hydrogen) atoms. The molecule has 1 fully saturated rings. The lowest BCUT2D eigenvalue weighted by Gasteiger charge is -2.34. The van der Waals surface area contributed by atoms with Crippen molar-refractivity contribution in [1.29, 1.82) is 0 Å². The fourth-order valence-corrected chi connectivity index (χ4v) is 3.01. The second-order valence-electron chi connectivity index (χ2n) is 5.93. The average molecular weight is 300 g/mol. The highest BCUT2D eigenvalue weighted by atomic mass is 19.4. The summed E-state index contributed by atoms with van der Waals surface area (Å²) in [6, 6.07) is 7.80. The van der Waals surface area contributed by atoms with Gasteiger partial charge in [-0.05, 0) is 50.4 Å². The molecule has 0 saturated carbocycles. The van der Waals surface area contributed by atoms with E-state index < -0.39 is 12.1 Å². The number of piperidine rings is 1. The predicted molar refractivity (Wildman–Crippen MR) is 77.9 cm³/mol. The van der Waals surface area contributed by atoms with Gasteiger partial charge in [0.25, 0.3) is 0 Å². The first kappa shape index (κ1) is 16.3. The molecule has 1 heterocycles. The van der Waals surface area contributed by atoms with Crippen LogP contribution in [0.25, 0.3) is 0 Å². The molecule has 1 aliphatic rings. The minimum Gasteiger partial charge on any atom is -0.324 e. The van der Waals surface area contributed by atoms with E-state index >= 15 is 0 Å². The highest BCUT2D eigenvalue weighted by Gasteiger charge is 2.41. The Hall–Kier alpha value is -1.07. The Balaban J connectivity index is 1.87. The van der Waals surface area contributed by atoms with E-state index in [1.807, 2.05) is 36.1 Å². The van der Waals surface area contributed by atoms with Gasteiger partial charge >= 0.3 is 6.18 Å². The van der Waals surface area contributed by atoms with Gasteiger partial charge in [-0.2, -0.15) is 13.2 Å². The molecule has 2 N–H and O–H groups in total. The van der Waals surface area contributed by atoms with E-state index in [9.17, 15) is 13.2 Å². The largest absolute Gasteiger partial charge is 0.393 e. The summed E-state index contributed by atoms with van der Waals surface area (Å²) in [6.07, 6.45) is -2.51. The van der Waals surface area contributed by atoms with Crippen LogP contribution < -0.4 is 5.73 Å². The van der Waals surface area contributed by atoms with Crippen LogP contribution in [0.3, 0.4) is 0 Å². The smallest absolute Gasteiger partial charge is 0.324 e. The molecular weight excluding hydrogens is 277 g/mol. The van der Waals surface area contributed by atoms with E-state index in [4.69, 9.17) is 5.73 Å². The Labute approximate surface area is 124 Å². The van der Waals surface area contributed by atoms with E-state index in [0.29, 0.717) is 19.4 Å². The monoisotopic (exact) mass is 300 g/mol. The molecule has 1 aromatic rings. The van der Waals surface area contributed by atoms with Crippen molar-refractivity contribution >= 4 is 0 Å². The number of nitrogens with zero attached hydrogens (tertiary/aromatic N) is 1. The van der Waals surface area contributed by atoms with Crippen LogP contribution in [-0.4, -0.2) is 30.7 Å². The van der Waals surface area contributed by atoms with Crippen LogP contribution in [0.15, 0.2) is 24.3 Å². The fraction of sp³-hybridized carbons (Fsp3) is 0.625. The second kappa shape index (κ2) is 6.79. The molecule has 118 valence electrons. The zero-order valence-corrected chi connectivity index (χ0v) is 12.4. The number of alkyl halides is 3. The zero-order chi connectivity index (χ0) is 15.5. The van der Waals surface area contributed by atoms with Crippen LogP contribution in [-0.2, 0) is 0 Å². The van der Waals surface area contributed by atoms with Crippen molar-refractivity contribution in [2.45, 2.75) is 38.4 Å². The lowest BCUT2D eigenvalue weighted by molar-refractivity contribution is -0.186. The molecule has 2 nitrogen and oxygen atoms in total. The first-order chi connectivity index (χ1) is 9.88. The van der Waals surface area contributed by atoms with Crippen molar-refractivity contribution in [2.75, 3.05) is 19.6 Å². The van der Waals surface area contributed by atoms with E-state index in [2.05, 4.69) is 0 Å². The average Bonchev–Trinajstić information content (AvgIpc) is 2.45. The number of likely N-dealkylation sites (tertiary alicyclic amines) is 1. The van der Waals surface area contributed by atoms with Gasteiger partial charge in [-0.15, -0.1) is 0 Å². The number of benzene rings is 1. The van der Waals surface area contributed by atoms with E-state index in [0.717, 1.165) is 17.7 Å². The third-order valence-electron chi connectivity index (χ3n) is 4.31. The molecule has 1 saturated heterocycles. The highest BCUT2D eigenvalue weighted by molar-refractivity contribution is 5.28. The minimum atomic E-state index is -4.07. The maximum absolute atomic E-state index is 12.8. The lowest BCUT2D eigenvalue weighted by atomic mass is 9.96. The Morgan fingerprint density at radius 1 is 1.33 bits per heavy atom. The lowest BCUT2D eigenvalue weighted by Crippen LogP contribution is -2.42. The van der Waals surface area contributed by atoms with Crippen molar-refractivity contribution in [2.24, 2.45) is 11.7 Å². The van der Waals surface area contributed by atoms with Crippen LogP contribution in [0.4, 0.5) is 13.2 Å². The third-order valence-corrected chi connectivity index (χ3v) is 4.31. The minimum absolute atomic E-state index is 0.113. The van der Waals surface area contributed by atoms with Crippen LogP contribution in [0, 0.1) is 12.8 Å². The third kappa shape index (κ3) is 4.45. The molecule has 1 aliphatic heterocycles. The summed E-state index contributed by atoms with van der Waals surface area (Å²) >= 11 is 0. The summed E-state index contributed by atoms with van der Waals surface area (Å²) in [7, 11) is 0. The van der Waals surface area contributed by atoms with E-state index in [-0.39, 0.29) is 19.0 Å². The topological polar surface area (TPSA) is 29.3 Å². The van der Waals surface area contributed by atoms with Gasteiger partial charge in [-0.25, -0.2) is 0 Å². The Morgan fingerprint density at radius 2 is 2.05 bits per heavy atom. The number of hydrogen-bond acceptors (Lipinski definition) is 2. The predicted octanol–water partition coefficient (Wildman–Crippen LogP) is 3.66. The summed E-state index contributed by atoms with van der Waals surface area (Å²) in [5.74, 6) is -1.18. The fourth-order valence-electron chi connectivity index (χ4n) is 3.01. The van der Waals surface area contributed by atoms with E-state index in [1.54, 1.807) is 0 Å². The molecule has 2 rings (SSSR count). The summed E-state index contributed by atoms with van der Waals surface area (Å²) in [5, 5.41) is 0. The van der Waals surface area contributed by atoms with Gasteiger partial charge in [0, 0.05) is 12.6 Å². The molecule has 0 spiro atoms. The van der Waals surface area contributed by atoms with E-state index in [1.165, 1.54) is 0 Å². The molecule has 0 radical (unpaired) electrons. The molecule has 0 amide bonds. The highest BCUT2D eigenvalue weighted by Crippen LogP contribution is 2.33. The molecule has 5 heteroatoms. The number of nitrogens with two attached hydrogens (primary N) is 1. The first-order valence-electron chi connectivity index (χ1n) is 7.48. The van der Waals surface area contributed by atoms with Crippen molar-refractivity contribution in [3.63, 3.8) is 0 Å². The molecule has 0 aromatic heterocycles. The number of aryl methyl sites for hydroxylation is 1. The maximum atomic E-state index is 12.8. The van der Waals surface area contributed by atoms with Crippen molar-refractivity contribution < 1.29 is 13.2 Å². The second-order valence-corrected chi connectivity index (χ2v) is 5.93.